The summed E-state index contributed by atoms with van der Waals surface area (Å²) in [5, 5.41) is 27.3. The Balaban J connectivity index is 0.00000289. The van der Waals surface area contributed by atoms with Crippen molar-refractivity contribution in [1.82, 2.24) is 15.2 Å². The Morgan fingerprint density at radius 2 is 2.12 bits per heavy atom. The summed E-state index contributed by atoms with van der Waals surface area (Å²) >= 11 is 3.64. The number of nitrogens with one attached hydrogen (secondary N) is 1. The first kappa shape index (κ1) is 25.3. The molecule has 2 saturated heterocycles. The third-order valence-electron chi connectivity index (χ3n) is 4.58. The third kappa shape index (κ3) is 4.94. The maximum atomic E-state index is 12.7. The zero-order valence-corrected chi connectivity index (χ0v) is 21.1. The van der Waals surface area contributed by atoms with E-state index >= 15 is 0 Å². The number of ether oxygens (including phenoxy) is 2. The summed E-state index contributed by atoms with van der Waals surface area (Å²) in [5.41, 5.74) is 4.99. The van der Waals surface area contributed by atoms with Gasteiger partial charge in [0.1, 0.15) is 23.9 Å². The molecule has 0 spiro atoms. The molecule has 1 aromatic heterocycles. The van der Waals surface area contributed by atoms with Crippen molar-refractivity contribution in [3.63, 3.8) is 0 Å². The number of aliphatic carboxylic acids is 1. The number of nitrogen functional groups attached to an aromatic ring is 1. The molecule has 1 aromatic rings. The van der Waals surface area contributed by atoms with Gasteiger partial charge in [-0.2, -0.15) is 0 Å². The predicted molar refractivity (Wildman–Crippen MR) is 110 cm³/mol. The number of nitrogens with zero attached hydrogens (tertiary/aromatic N) is 3. The van der Waals surface area contributed by atoms with Crippen LogP contribution in [0.1, 0.15) is 5.69 Å². The van der Waals surface area contributed by atoms with Gasteiger partial charge in [0.2, 0.25) is 0 Å². The smallest absolute Gasteiger partial charge is 0.543 e. The number of nitrogens with two attached hydrogens (primary N) is 1. The van der Waals surface area contributed by atoms with Crippen molar-refractivity contribution < 1.29 is 63.7 Å². The van der Waals surface area contributed by atoms with Crippen molar-refractivity contribution in [2.45, 2.75) is 16.7 Å². The monoisotopic (exact) mass is 509 g/mol. The molecular weight excluding hydrogens is 493 g/mol. The van der Waals surface area contributed by atoms with Gasteiger partial charge in [0.25, 0.3) is 11.8 Å². The molecule has 4 N–H and O–H groups in total. The number of carbonyl (C=O) groups excluding carboxylic acids is 3. The fourth-order valence-corrected chi connectivity index (χ4v) is 6.47. The Morgan fingerprint density at radius 3 is 2.72 bits per heavy atom. The normalized spacial score (nSPS) is 23.8. The SMILES string of the molecule is Nc1nc(/C(=N/O)C(=O)NC2C(=O)N3C(C(=O)[O-])=C(SC4COCOC4)CS[C@H]23)cs1.[Na+]. The standard InChI is InChI=1S/C16H17N5O7S3.Na/c17-16-18-7(3-30-16)9(20-26)12(22)19-10-13(23)21-11(15(24)25)8(4-29-14(10)21)31-6-1-27-5-28-2-6;/h3,6,10,14,26H,1-2,4-5H2,(H2,17,18)(H,19,22)(H,24,25);/q;+1/p-1/b20-9-;/t10?,14-;/m1./s1. The molecule has 12 nitrogen and oxygen atoms in total. The second-order valence-electron chi connectivity index (χ2n) is 6.54. The third-order valence-corrected chi connectivity index (χ3v) is 7.94. The molecule has 0 saturated carbocycles. The van der Waals surface area contributed by atoms with E-state index in [2.05, 4.69) is 15.5 Å². The number of hydrogen-bond donors (Lipinski definition) is 3. The fraction of sp³-hybridized carbons (Fsp3) is 0.438. The zero-order valence-electron chi connectivity index (χ0n) is 16.7. The molecule has 4 heterocycles. The largest absolute Gasteiger partial charge is 1.00 e. The Bertz CT molecular complexity index is 981. The van der Waals surface area contributed by atoms with E-state index in [1.54, 1.807) is 0 Å². The molecule has 16 heteroatoms. The quantitative estimate of drug-likeness (QED) is 0.110. The van der Waals surface area contributed by atoms with Gasteiger partial charge in [-0.3, -0.25) is 14.5 Å². The minimum absolute atomic E-state index is 0. The molecule has 32 heavy (non-hydrogen) atoms. The molecule has 3 aliphatic heterocycles. The van der Waals surface area contributed by atoms with Crippen molar-refractivity contribution in [1.29, 1.82) is 0 Å². The molecule has 2 fully saturated rings. The van der Waals surface area contributed by atoms with Crippen molar-refractivity contribution >= 4 is 63.5 Å². The van der Waals surface area contributed by atoms with Crippen LogP contribution in [0.15, 0.2) is 21.1 Å². The number of thiazole rings is 1. The van der Waals surface area contributed by atoms with Gasteiger partial charge < -0.3 is 35.6 Å². The van der Waals surface area contributed by atoms with Gasteiger partial charge in [-0.25, -0.2) is 4.98 Å². The second-order valence-corrected chi connectivity index (χ2v) is 9.93. The first-order valence-electron chi connectivity index (χ1n) is 8.86. The molecule has 0 aromatic carbocycles. The number of fused-ring (bicyclic) bond motifs is 1. The number of β-lactam (4-membered cyclic amide) rings is 1. The maximum absolute atomic E-state index is 12.7. The van der Waals surface area contributed by atoms with E-state index in [0.717, 1.165) is 16.2 Å². The average molecular weight is 510 g/mol. The molecule has 0 aliphatic carbocycles. The first-order valence-corrected chi connectivity index (χ1v) is 11.7. The summed E-state index contributed by atoms with van der Waals surface area (Å²) in [5.74, 6) is -2.59. The topological polar surface area (TPSA) is 179 Å². The van der Waals surface area contributed by atoms with E-state index in [1.165, 1.54) is 28.9 Å². The van der Waals surface area contributed by atoms with Crippen molar-refractivity contribution in [2.75, 3.05) is 31.5 Å². The van der Waals surface area contributed by atoms with Crippen molar-refractivity contribution in [2.24, 2.45) is 5.16 Å². The van der Waals surface area contributed by atoms with Gasteiger partial charge in [-0.15, -0.1) is 34.9 Å². The van der Waals surface area contributed by atoms with Crippen LogP contribution in [0.5, 0.6) is 0 Å². The molecule has 0 radical (unpaired) electrons. The number of thioether (sulfide) groups is 2. The number of amides is 2. The zero-order chi connectivity index (χ0) is 22.1. The molecule has 2 amide bonds. The Labute approximate surface area is 216 Å². The van der Waals surface area contributed by atoms with Crippen LogP contribution in [0.25, 0.3) is 0 Å². The van der Waals surface area contributed by atoms with Crippen LogP contribution in [0, 0.1) is 0 Å². The van der Waals surface area contributed by atoms with Gasteiger partial charge in [-0.1, -0.05) is 5.16 Å². The number of carboxylic acid groups (broad SMARTS) is 1. The van der Waals surface area contributed by atoms with E-state index in [-0.39, 0.29) is 58.1 Å². The summed E-state index contributed by atoms with van der Waals surface area (Å²) in [6, 6.07) is -0.993. The van der Waals surface area contributed by atoms with E-state index in [9.17, 15) is 24.7 Å². The number of oxime groups is 1. The van der Waals surface area contributed by atoms with E-state index in [1.807, 2.05) is 0 Å². The summed E-state index contributed by atoms with van der Waals surface area (Å²) in [4.78, 5) is 42.5. The van der Waals surface area contributed by atoms with Crippen LogP contribution < -0.4 is 45.7 Å². The Kier molecular flexibility index (Phi) is 8.48. The number of anilines is 1. The molecular formula is C16H16N5NaO7S3. The average Bonchev–Trinajstić information content (AvgIpc) is 3.18. The Hall–Kier alpha value is -1.33. The van der Waals surface area contributed by atoms with E-state index in [4.69, 9.17) is 15.2 Å². The molecule has 3 aliphatic rings. The molecule has 2 atom stereocenters. The predicted octanol–water partition coefficient (Wildman–Crippen LogP) is -4.62. The number of hydrogen-bond acceptors (Lipinski definition) is 13. The second kappa shape index (κ2) is 10.7. The summed E-state index contributed by atoms with van der Waals surface area (Å²) in [7, 11) is 0. The maximum Gasteiger partial charge on any atom is 1.00 e. The van der Waals surface area contributed by atoms with Crippen molar-refractivity contribution in [3.05, 3.63) is 21.7 Å². The summed E-state index contributed by atoms with van der Waals surface area (Å²) < 4.78 is 10.5. The number of rotatable bonds is 6. The van der Waals surface area contributed by atoms with Crippen LogP contribution in [0.2, 0.25) is 0 Å². The van der Waals surface area contributed by atoms with Crippen LogP contribution in [-0.2, 0) is 23.9 Å². The number of carboxylic acids is 1. The van der Waals surface area contributed by atoms with Gasteiger partial charge in [0.05, 0.1) is 30.1 Å². The summed E-state index contributed by atoms with van der Waals surface area (Å²) in [6.07, 6.45) is 0. The van der Waals surface area contributed by atoms with Gasteiger partial charge >= 0.3 is 29.6 Å². The fourth-order valence-electron chi connectivity index (χ4n) is 3.23. The van der Waals surface area contributed by atoms with Crippen LogP contribution in [0.3, 0.4) is 0 Å². The summed E-state index contributed by atoms with van der Waals surface area (Å²) in [6.45, 7) is 0.998. The van der Waals surface area contributed by atoms with Crippen molar-refractivity contribution in [3.8, 4) is 0 Å². The van der Waals surface area contributed by atoms with Crippen LogP contribution in [-0.4, -0.2) is 81.0 Å². The first-order chi connectivity index (χ1) is 14.9. The molecule has 1 unspecified atom stereocenters. The molecule has 4 rings (SSSR count). The van der Waals surface area contributed by atoms with Gasteiger partial charge in [0, 0.05) is 16.0 Å². The van der Waals surface area contributed by atoms with E-state index in [0.29, 0.717) is 23.9 Å². The minimum atomic E-state index is -1.47. The number of aromatic nitrogens is 1. The van der Waals surface area contributed by atoms with Crippen LogP contribution in [0.4, 0.5) is 5.13 Å². The number of carbonyl (C=O) groups is 3. The van der Waals surface area contributed by atoms with Gasteiger partial charge in [-0.05, 0) is 0 Å². The molecule has 166 valence electrons. The van der Waals surface area contributed by atoms with E-state index < -0.39 is 34.9 Å². The minimum Gasteiger partial charge on any atom is -0.543 e. The Morgan fingerprint density at radius 1 is 1.41 bits per heavy atom. The van der Waals surface area contributed by atoms with Gasteiger partial charge in [0.15, 0.2) is 10.8 Å². The molecule has 0 bridgehead atoms. The van der Waals surface area contributed by atoms with Crippen LogP contribution >= 0.6 is 34.9 Å².